The van der Waals surface area contributed by atoms with Gasteiger partial charge in [0.15, 0.2) is 0 Å². The highest BCUT2D eigenvalue weighted by atomic mass is 35.5. The lowest BCUT2D eigenvalue weighted by atomic mass is 10.1. The molecule has 0 aliphatic carbocycles. The highest BCUT2D eigenvalue weighted by Crippen LogP contribution is 2.29. The summed E-state index contributed by atoms with van der Waals surface area (Å²) in [6, 6.07) is 13.6. The Kier molecular flexibility index (Phi) is 5.96. The maximum Gasteiger partial charge on any atom is 0.120 e. The fourth-order valence-electron chi connectivity index (χ4n) is 3.02. The van der Waals surface area contributed by atoms with Crippen LogP contribution in [0, 0.1) is 0 Å². The van der Waals surface area contributed by atoms with E-state index in [0.717, 1.165) is 40.7 Å². The number of hydrogen-bond donors (Lipinski definition) is 3. The van der Waals surface area contributed by atoms with E-state index >= 15 is 0 Å². The predicted octanol–water partition coefficient (Wildman–Crippen LogP) is 5.62. The number of anilines is 2. The minimum atomic E-state index is 0.306. The molecule has 1 aromatic heterocycles. The summed E-state index contributed by atoms with van der Waals surface area (Å²) in [6.45, 7) is 4.97. The highest BCUT2D eigenvalue weighted by Gasteiger charge is 2.08. The van der Waals surface area contributed by atoms with Crippen molar-refractivity contribution < 1.29 is 5.11 Å². The van der Waals surface area contributed by atoms with Crippen LogP contribution in [0.2, 0.25) is 5.02 Å². The average Bonchev–Trinajstić information content (AvgIpc) is 2.65. The van der Waals surface area contributed by atoms with Gasteiger partial charge in [-0.2, -0.15) is 0 Å². The van der Waals surface area contributed by atoms with Crippen LogP contribution in [0.4, 0.5) is 11.4 Å². The molecule has 26 heavy (non-hydrogen) atoms. The maximum atomic E-state index is 10.2. The van der Waals surface area contributed by atoms with Crippen LogP contribution in [0.15, 0.2) is 48.7 Å². The zero-order valence-electron chi connectivity index (χ0n) is 15.1. The normalized spacial score (nSPS) is 11.2. The van der Waals surface area contributed by atoms with Crippen molar-refractivity contribution in [3.05, 3.63) is 59.2 Å². The molecule has 4 nitrogen and oxygen atoms in total. The Morgan fingerprint density at radius 1 is 1.08 bits per heavy atom. The quantitative estimate of drug-likeness (QED) is 0.473. The molecule has 1 heterocycles. The van der Waals surface area contributed by atoms with Gasteiger partial charge in [0.1, 0.15) is 5.75 Å². The topological polar surface area (TPSA) is 57.2 Å². The predicted molar refractivity (Wildman–Crippen MR) is 109 cm³/mol. The van der Waals surface area contributed by atoms with Crippen molar-refractivity contribution >= 4 is 33.9 Å². The van der Waals surface area contributed by atoms with Crippen molar-refractivity contribution in [2.24, 2.45) is 0 Å². The third-order valence-corrected chi connectivity index (χ3v) is 4.87. The second-order valence-corrected chi connectivity index (χ2v) is 6.82. The molecular weight excluding hydrogens is 346 g/mol. The molecule has 0 bridgehead atoms. The van der Waals surface area contributed by atoms with Gasteiger partial charge < -0.3 is 15.7 Å². The number of phenols is 1. The lowest BCUT2D eigenvalue weighted by Crippen LogP contribution is -2.27. The Morgan fingerprint density at radius 2 is 1.88 bits per heavy atom. The van der Waals surface area contributed by atoms with Crippen molar-refractivity contribution in [3.8, 4) is 5.75 Å². The van der Waals surface area contributed by atoms with E-state index in [4.69, 9.17) is 11.6 Å². The number of halogens is 1. The van der Waals surface area contributed by atoms with E-state index in [1.54, 1.807) is 12.3 Å². The summed E-state index contributed by atoms with van der Waals surface area (Å²) >= 11 is 6.06. The molecule has 0 unspecified atom stereocenters. The number of pyridine rings is 1. The van der Waals surface area contributed by atoms with Gasteiger partial charge in [-0.15, -0.1) is 0 Å². The van der Waals surface area contributed by atoms with Crippen LogP contribution in [0.5, 0.6) is 5.75 Å². The number of aromatic hydroxyl groups is 1. The van der Waals surface area contributed by atoms with Crippen molar-refractivity contribution in [1.29, 1.82) is 0 Å². The summed E-state index contributed by atoms with van der Waals surface area (Å²) in [6.07, 6.45) is 3.90. The Bertz CT molecular complexity index is 894. The van der Waals surface area contributed by atoms with Gasteiger partial charge in [-0.3, -0.25) is 4.98 Å². The minimum Gasteiger partial charge on any atom is -0.508 e. The molecule has 3 rings (SSSR count). The summed E-state index contributed by atoms with van der Waals surface area (Å²) in [7, 11) is 0. The third kappa shape index (κ3) is 4.26. The van der Waals surface area contributed by atoms with Crippen molar-refractivity contribution in [2.75, 3.05) is 5.32 Å². The van der Waals surface area contributed by atoms with Crippen molar-refractivity contribution in [3.63, 3.8) is 0 Å². The van der Waals surface area contributed by atoms with Crippen LogP contribution >= 0.6 is 11.6 Å². The van der Waals surface area contributed by atoms with Crippen molar-refractivity contribution in [1.82, 2.24) is 10.3 Å². The fraction of sp³-hybridized carbons (Fsp3) is 0.286. The number of rotatable bonds is 7. The second-order valence-electron chi connectivity index (χ2n) is 6.38. The van der Waals surface area contributed by atoms with Gasteiger partial charge in [0.25, 0.3) is 0 Å². The van der Waals surface area contributed by atoms with Crippen LogP contribution in [-0.4, -0.2) is 16.1 Å². The Morgan fingerprint density at radius 3 is 2.65 bits per heavy atom. The number of nitrogens with zero attached hydrogens (tertiary/aromatic N) is 1. The molecule has 3 N–H and O–H groups in total. The Balaban J connectivity index is 1.83. The number of nitrogens with one attached hydrogen (secondary N) is 2. The number of aromatic nitrogens is 1. The van der Waals surface area contributed by atoms with Gasteiger partial charge in [0.05, 0.1) is 5.52 Å². The number of benzene rings is 2. The highest BCUT2D eigenvalue weighted by molar-refractivity contribution is 6.31. The first-order valence-electron chi connectivity index (χ1n) is 8.97. The molecule has 3 aromatic rings. The van der Waals surface area contributed by atoms with E-state index < -0.39 is 0 Å². The largest absolute Gasteiger partial charge is 0.508 e. The molecule has 0 saturated heterocycles. The zero-order chi connectivity index (χ0) is 18.5. The van der Waals surface area contributed by atoms with Gasteiger partial charge in [-0.1, -0.05) is 25.4 Å². The number of hydrogen-bond acceptors (Lipinski definition) is 4. The van der Waals surface area contributed by atoms with E-state index in [2.05, 4.69) is 29.5 Å². The molecule has 0 amide bonds. The van der Waals surface area contributed by atoms with Gasteiger partial charge in [0, 0.05) is 46.1 Å². The molecule has 0 saturated carbocycles. The van der Waals surface area contributed by atoms with Crippen LogP contribution in [-0.2, 0) is 6.54 Å². The number of phenolic OH excluding ortho intramolecular Hbond substituents is 1. The van der Waals surface area contributed by atoms with Crippen LogP contribution < -0.4 is 10.6 Å². The Labute approximate surface area is 159 Å². The SMILES string of the molecule is CCC(CC)NCc1cc(Nc2ccnc3cc(Cl)ccc23)ccc1O. The summed E-state index contributed by atoms with van der Waals surface area (Å²) in [4.78, 5) is 4.37. The molecule has 0 aliphatic rings. The average molecular weight is 370 g/mol. The standard InChI is InChI=1S/C21H24ClN3O/c1-3-16(4-2)24-13-14-11-17(6-8-21(14)26)25-19-9-10-23-20-12-15(22)5-7-18(19)20/h5-12,16,24,26H,3-4,13H2,1-2H3,(H,23,25). The van der Waals surface area contributed by atoms with E-state index in [-0.39, 0.29) is 0 Å². The van der Waals surface area contributed by atoms with Gasteiger partial charge in [-0.05, 0) is 55.3 Å². The number of fused-ring (bicyclic) bond motifs is 1. The van der Waals surface area contributed by atoms with Gasteiger partial charge in [0.2, 0.25) is 0 Å². The van der Waals surface area contributed by atoms with E-state index in [9.17, 15) is 5.11 Å². The zero-order valence-corrected chi connectivity index (χ0v) is 15.8. The third-order valence-electron chi connectivity index (χ3n) is 4.63. The smallest absolute Gasteiger partial charge is 0.120 e. The summed E-state index contributed by atoms with van der Waals surface area (Å²) in [5.41, 5.74) is 3.60. The van der Waals surface area contributed by atoms with E-state index in [0.29, 0.717) is 23.4 Å². The molecule has 0 radical (unpaired) electrons. The minimum absolute atomic E-state index is 0.306. The first-order chi connectivity index (χ1) is 12.6. The van der Waals surface area contributed by atoms with Gasteiger partial charge in [-0.25, -0.2) is 0 Å². The molecule has 0 aliphatic heterocycles. The first kappa shape index (κ1) is 18.5. The molecule has 136 valence electrons. The summed E-state index contributed by atoms with van der Waals surface area (Å²) in [5, 5.41) is 18.8. The lowest BCUT2D eigenvalue weighted by Gasteiger charge is -2.16. The monoisotopic (exact) mass is 369 g/mol. The molecule has 0 spiro atoms. The van der Waals surface area contributed by atoms with E-state index in [1.807, 2.05) is 36.4 Å². The molecule has 2 aromatic carbocycles. The van der Waals surface area contributed by atoms with Crippen molar-refractivity contribution in [2.45, 2.75) is 39.3 Å². The lowest BCUT2D eigenvalue weighted by molar-refractivity contribution is 0.448. The molecule has 5 heteroatoms. The second kappa shape index (κ2) is 8.39. The van der Waals surface area contributed by atoms with E-state index in [1.165, 1.54) is 0 Å². The maximum absolute atomic E-state index is 10.2. The fourth-order valence-corrected chi connectivity index (χ4v) is 3.19. The molecule has 0 atom stereocenters. The summed E-state index contributed by atoms with van der Waals surface area (Å²) < 4.78 is 0. The van der Waals surface area contributed by atoms with Crippen LogP contribution in [0.25, 0.3) is 10.9 Å². The van der Waals surface area contributed by atoms with Crippen LogP contribution in [0.1, 0.15) is 32.3 Å². The Hall–Kier alpha value is -2.30. The van der Waals surface area contributed by atoms with Crippen LogP contribution in [0.3, 0.4) is 0 Å². The first-order valence-corrected chi connectivity index (χ1v) is 9.35. The van der Waals surface area contributed by atoms with Gasteiger partial charge >= 0.3 is 0 Å². The molecular formula is C21H24ClN3O. The summed E-state index contributed by atoms with van der Waals surface area (Å²) in [5.74, 6) is 0.306. The molecule has 0 fully saturated rings.